The quantitative estimate of drug-likeness (QED) is 0.0255. The Hall–Kier alpha value is -2.82. The maximum Gasteiger partial charge on any atom is 0.472 e. The van der Waals surface area contributed by atoms with Crippen LogP contribution in [0.5, 0.6) is 0 Å². The summed E-state index contributed by atoms with van der Waals surface area (Å²) in [4.78, 5) is 45.6. The van der Waals surface area contributed by atoms with Gasteiger partial charge in [0.2, 0.25) is 0 Å². The van der Waals surface area contributed by atoms with Gasteiger partial charge in [-0.05, 0) is 51.4 Å². The lowest BCUT2D eigenvalue weighted by atomic mass is 10.1. The first kappa shape index (κ1) is 47.2. The molecular formula is C38H64NO10P. The van der Waals surface area contributed by atoms with Gasteiger partial charge in [-0.1, -0.05) is 126 Å². The smallest absolute Gasteiger partial charge is 0.472 e. The van der Waals surface area contributed by atoms with Gasteiger partial charge in [0.05, 0.1) is 13.2 Å². The first-order chi connectivity index (χ1) is 24.1. The first-order valence-corrected chi connectivity index (χ1v) is 19.8. The monoisotopic (exact) mass is 725 g/mol. The highest BCUT2D eigenvalue weighted by Crippen LogP contribution is 2.43. The molecule has 0 aliphatic rings. The van der Waals surface area contributed by atoms with Crippen molar-refractivity contribution in [3.8, 4) is 0 Å². The Morgan fingerprint density at radius 3 is 1.66 bits per heavy atom. The van der Waals surface area contributed by atoms with Crippen LogP contribution in [-0.4, -0.2) is 59.9 Å². The number of hydrogen-bond donors (Lipinski definition) is 3. The van der Waals surface area contributed by atoms with Gasteiger partial charge in [-0.25, -0.2) is 4.57 Å². The van der Waals surface area contributed by atoms with Crippen LogP contribution >= 0.6 is 7.82 Å². The summed E-state index contributed by atoms with van der Waals surface area (Å²) in [7, 11) is -4.72. The lowest BCUT2D eigenvalue weighted by Crippen LogP contribution is -2.34. The van der Waals surface area contributed by atoms with Crippen molar-refractivity contribution < 1.29 is 47.5 Å². The fourth-order valence-corrected chi connectivity index (χ4v) is 5.17. The fourth-order valence-electron chi connectivity index (χ4n) is 4.39. The zero-order chi connectivity index (χ0) is 37.1. The van der Waals surface area contributed by atoms with Gasteiger partial charge in [0.1, 0.15) is 12.6 Å². The molecular weight excluding hydrogens is 661 g/mol. The molecule has 3 atom stereocenters. The van der Waals surface area contributed by atoms with E-state index in [4.69, 9.17) is 24.8 Å². The van der Waals surface area contributed by atoms with Gasteiger partial charge in [-0.15, -0.1) is 0 Å². The number of carbonyl (C=O) groups is 3. The molecule has 286 valence electrons. The minimum atomic E-state index is -4.72. The average molecular weight is 726 g/mol. The number of phosphoric acid groups is 1. The predicted molar refractivity (Wildman–Crippen MR) is 198 cm³/mol. The number of esters is 2. The number of hydrogen-bond acceptors (Lipinski definition) is 9. The third kappa shape index (κ3) is 32.4. The number of ether oxygens (including phenoxy) is 2. The molecule has 0 heterocycles. The van der Waals surface area contributed by atoms with E-state index in [-0.39, 0.29) is 19.4 Å². The molecule has 0 radical (unpaired) electrons. The Labute approximate surface area is 300 Å². The van der Waals surface area contributed by atoms with E-state index in [2.05, 4.69) is 67.0 Å². The molecule has 1 unspecified atom stereocenters. The van der Waals surface area contributed by atoms with E-state index >= 15 is 0 Å². The summed E-state index contributed by atoms with van der Waals surface area (Å²) >= 11 is 0. The number of carbonyl (C=O) groups excluding carboxylic acids is 2. The van der Waals surface area contributed by atoms with Crippen LogP contribution in [0, 0.1) is 0 Å². The third-order valence-corrected chi connectivity index (χ3v) is 8.23. The van der Waals surface area contributed by atoms with E-state index in [9.17, 15) is 23.8 Å². The summed E-state index contributed by atoms with van der Waals surface area (Å²) in [5.41, 5.74) is 5.30. The van der Waals surface area contributed by atoms with E-state index < -0.39 is 51.1 Å². The van der Waals surface area contributed by atoms with Crippen molar-refractivity contribution in [1.82, 2.24) is 0 Å². The molecule has 11 nitrogen and oxygen atoms in total. The van der Waals surface area contributed by atoms with Crippen LogP contribution in [0.1, 0.15) is 129 Å². The van der Waals surface area contributed by atoms with E-state index in [1.165, 1.54) is 32.1 Å². The number of allylic oxidation sites excluding steroid dienone is 10. The Bertz CT molecular complexity index is 1090. The van der Waals surface area contributed by atoms with Crippen molar-refractivity contribution in [3.05, 3.63) is 60.8 Å². The predicted octanol–water partition coefficient (Wildman–Crippen LogP) is 8.83. The summed E-state index contributed by atoms with van der Waals surface area (Å²) in [5.74, 6) is -2.47. The normalized spacial score (nSPS) is 14.6. The van der Waals surface area contributed by atoms with Crippen LogP contribution in [0.4, 0.5) is 0 Å². The van der Waals surface area contributed by atoms with Crippen LogP contribution < -0.4 is 5.73 Å². The summed E-state index contributed by atoms with van der Waals surface area (Å²) in [5, 5.41) is 8.84. The second-order valence-corrected chi connectivity index (χ2v) is 13.4. The maximum absolute atomic E-state index is 12.5. The maximum atomic E-state index is 12.5. The van der Waals surface area contributed by atoms with Crippen molar-refractivity contribution in [2.24, 2.45) is 5.73 Å². The second-order valence-electron chi connectivity index (χ2n) is 12.0. The van der Waals surface area contributed by atoms with Gasteiger partial charge in [0.15, 0.2) is 6.10 Å². The first-order valence-electron chi connectivity index (χ1n) is 18.3. The minimum absolute atomic E-state index is 0.142. The van der Waals surface area contributed by atoms with Gasteiger partial charge in [-0.2, -0.15) is 0 Å². The molecule has 0 spiro atoms. The Kier molecular flexibility index (Phi) is 31.5. The fraction of sp³-hybridized carbons (Fsp3) is 0.658. The summed E-state index contributed by atoms with van der Waals surface area (Å²) in [6.07, 6.45) is 36.0. The van der Waals surface area contributed by atoms with Crippen molar-refractivity contribution >= 4 is 25.7 Å². The number of carboxylic acid groups (broad SMARTS) is 1. The molecule has 12 heteroatoms. The molecule has 50 heavy (non-hydrogen) atoms. The topological polar surface area (TPSA) is 172 Å². The highest BCUT2D eigenvalue weighted by Gasteiger charge is 2.28. The molecule has 0 aromatic heterocycles. The zero-order valence-corrected chi connectivity index (χ0v) is 31.4. The average Bonchev–Trinajstić information content (AvgIpc) is 3.09. The number of aliphatic carboxylic acids is 1. The number of nitrogens with two attached hydrogens (primary N) is 1. The second kappa shape index (κ2) is 33.3. The summed E-state index contributed by atoms with van der Waals surface area (Å²) in [6, 6.07) is -1.53. The highest BCUT2D eigenvalue weighted by atomic mass is 31.2. The molecule has 0 aliphatic carbocycles. The highest BCUT2D eigenvalue weighted by molar-refractivity contribution is 7.47. The summed E-state index contributed by atoms with van der Waals surface area (Å²) < 4.78 is 32.4. The van der Waals surface area contributed by atoms with Crippen LogP contribution in [0.25, 0.3) is 0 Å². The largest absolute Gasteiger partial charge is 0.480 e. The number of rotatable bonds is 33. The van der Waals surface area contributed by atoms with Gasteiger partial charge in [-0.3, -0.25) is 23.4 Å². The standard InChI is InChI=1S/C38H64NO10P/c1-3-5-7-9-11-13-14-15-16-17-18-19-20-22-23-25-27-29-36(40)46-31-34(32-47-50(44,45)48-33-35(39)38(42)43)49-37(41)30-28-26-24-21-12-10-8-6-4-2/h5,7,11,13,15-16,18-19,22-23,34-35H,3-4,6,8-10,12,14,17,20-21,24-33,39H2,1-2H3,(H,42,43)(H,44,45)/b7-5+,13-11+,16-15+,19-18+,23-22+/t34-,35+/m0/s1. The van der Waals surface area contributed by atoms with E-state index in [1.807, 2.05) is 12.2 Å². The van der Waals surface area contributed by atoms with Crippen molar-refractivity contribution in [3.63, 3.8) is 0 Å². The van der Waals surface area contributed by atoms with E-state index in [1.54, 1.807) is 0 Å². The number of phosphoric ester groups is 1. The SMILES string of the molecule is CC/C=C/C/C=C/C/C=C/C/C=C/C/C=C/CCCC(=O)OC[C@@H](COP(=O)(O)OC[C@@H](N)C(=O)O)OC(=O)CCCCCCCCCCC. The third-order valence-electron chi connectivity index (χ3n) is 7.28. The Balaban J connectivity index is 4.53. The molecule has 0 rings (SSSR count). The van der Waals surface area contributed by atoms with Crippen LogP contribution in [0.3, 0.4) is 0 Å². The van der Waals surface area contributed by atoms with Gasteiger partial charge in [0, 0.05) is 12.8 Å². The molecule has 0 aromatic rings. The minimum Gasteiger partial charge on any atom is -0.480 e. The number of carboxylic acids is 1. The van der Waals surface area contributed by atoms with E-state index in [0.717, 1.165) is 51.4 Å². The molecule has 0 fully saturated rings. The van der Waals surface area contributed by atoms with Gasteiger partial charge >= 0.3 is 25.7 Å². The van der Waals surface area contributed by atoms with Crippen LogP contribution in [0.2, 0.25) is 0 Å². The molecule has 0 aliphatic heterocycles. The molecule has 0 amide bonds. The number of unbranched alkanes of at least 4 members (excludes halogenated alkanes) is 9. The van der Waals surface area contributed by atoms with Gasteiger partial charge < -0.3 is 25.2 Å². The molecule has 0 bridgehead atoms. The van der Waals surface area contributed by atoms with Crippen molar-refractivity contribution in [2.45, 2.75) is 142 Å². The molecule has 0 aromatic carbocycles. The molecule has 0 saturated carbocycles. The van der Waals surface area contributed by atoms with Crippen molar-refractivity contribution in [1.29, 1.82) is 0 Å². The Morgan fingerprint density at radius 1 is 0.640 bits per heavy atom. The van der Waals surface area contributed by atoms with Gasteiger partial charge in [0.25, 0.3) is 0 Å². The van der Waals surface area contributed by atoms with Crippen LogP contribution in [0.15, 0.2) is 60.8 Å². The molecule has 4 N–H and O–H groups in total. The van der Waals surface area contributed by atoms with E-state index in [0.29, 0.717) is 19.3 Å². The summed E-state index contributed by atoms with van der Waals surface area (Å²) in [6.45, 7) is 2.56. The Morgan fingerprint density at radius 2 is 1.12 bits per heavy atom. The lowest BCUT2D eigenvalue weighted by Gasteiger charge is -2.20. The zero-order valence-electron chi connectivity index (χ0n) is 30.5. The van der Waals surface area contributed by atoms with Crippen LogP contribution in [-0.2, 0) is 37.5 Å². The van der Waals surface area contributed by atoms with Crippen molar-refractivity contribution in [2.75, 3.05) is 19.8 Å². The lowest BCUT2D eigenvalue weighted by molar-refractivity contribution is -0.161. The molecule has 0 saturated heterocycles.